The molecule has 2 heterocycles. The Bertz CT molecular complexity index is 982. The van der Waals surface area contributed by atoms with Gasteiger partial charge < -0.3 is 0 Å². The summed E-state index contributed by atoms with van der Waals surface area (Å²) in [6, 6.07) is 16.7. The Kier molecular flexibility index (Phi) is 3.99. The van der Waals surface area contributed by atoms with Crippen molar-refractivity contribution in [1.29, 1.82) is 5.41 Å². The van der Waals surface area contributed by atoms with Crippen molar-refractivity contribution in [3.05, 3.63) is 76.3 Å². The summed E-state index contributed by atoms with van der Waals surface area (Å²) < 4.78 is 0. The number of amidine groups is 2. The van der Waals surface area contributed by atoms with Crippen molar-refractivity contribution >= 4 is 51.4 Å². The number of nitrogens with zero attached hydrogens (tertiary/aromatic N) is 3. The fraction of sp³-hybridized carbons (Fsp3) is 0. The first-order chi connectivity index (χ1) is 12.1. The van der Waals surface area contributed by atoms with Crippen molar-refractivity contribution in [3.8, 4) is 0 Å². The standard InChI is InChI=1S/C18H11ClN4OS/c19-13-8-4-5-11(9-13)10-14-15(20)23-18(21-16(14)24)25-17(22-23)12-6-2-1-3-7-12/h1-10,20H. The SMILES string of the molecule is N=C1C(=Cc2cccc(Cl)c2)C(=O)N=C2SC(c3ccccc3)=NN12. The van der Waals surface area contributed by atoms with E-state index in [2.05, 4.69) is 10.1 Å². The molecule has 4 rings (SSSR count). The van der Waals surface area contributed by atoms with Crippen LogP contribution in [0.4, 0.5) is 0 Å². The van der Waals surface area contributed by atoms with Crippen molar-refractivity contribution in [1.82, 2.24) is 5.01 Å². The zero-order valence-electron chi connectivity index (χ0n) is 12.8. The highest BCUT2D eigenvalue weighted by Gasteiger charge is 2.35. The second-order valence-electron chi connectivity index (χ2n) is 5.35. The second kappa shape index (κ2) is 6.31. The molecule has 7 heteroatoms. The van der Waals surface area contributed by atoms with Gasteiger partial charge in [-0.05, 0) is 35.5 Å². The van der Waals surface area contributed by atoms with Crippen LogP contribution in [0.1, 0.15) is 11.1 Å². The minimum absolute atomic E-state index is 0.00778. The summed E-state index contributed by atoms with van der Waals surface area (Å²) in [5.74, 6) is -0.443. The number of amides is 1. The molecule has 0 aromatic heterocycles. The number of halogens is 1. The predicted octanol–water partition coefficient (Wildman–Crippen LogP) is 4.01. The molecule has 0 aliphatic carbocycles. The first kappa shape index (κ1) is 15.8. The lowest BCUT2D eigenvalue weighted by molar-refractivity contribution is -0.114. The van der Waals surface area contributed by atoms with E-state index >= 15 is 0 Å². The van der Waals surface area contributed by atoms with E-state index in [1.165, 1.54) is 16.8 Å². The predicted molar refractivity (Wildman–Crippen MR) is 102 cm³/mol. The van der Waals surface area contributed by atoms with Crippen molar-refractivity contribution in [3.63, 3.8) is 0 Å². The van der Waals surface area contributed by atoms with E-state index in [1.807, 2.05) is 36.4 Å². The normalized spacial score (nSPS) is 18.3. The fourth-order valence-corrected chi connectivity index (χ4v) is 3.55. The summed E-state index contributed by atoms with van der Waals surface area (Å²) in [4.78, 5) is 16.4. The van der Waals surface area contributed by atoms with E-state index in [0.717, 1.165) is 11.1 Å². The summed E-state index contributed by atoms with van der Waals surface area (Å²) in [5.41, 5.74) is 1.84. The number of benzene rings is 2. The summed E-state index contributed by atoms with van der Waals surface area (Å²) in [5, 5.41) is 15.9. The quantitative estimate of drug-likeness (QED) is 0.816. The van der Waals surface area contributed by atoms with Gasteiger partial charge in [0.25, 0.3) is 5.91 Å². The Labute approximate surface area is 153 Å². The molecule has 1 amide bonds. The summed E-state index contributed by atoms with van der Waals surface area (Å²) >= 11 is 7.26. The van der Waals surface area contributed by atoms with Gasteiger partial charge in [-0.15, -0.1) is 0 Å². The Morgan fingerprint density at radius 3 is 2.68 bits per heavy atom. The van der Waals surface area contributed by atoms with Gasteiger partial charge in [-0.2, -0.15) is 15.1 Å². The third kappa shape index (κ3) is 3.01. The Morgan fingerprint density at radius 1 is 1.12 bits per heavy atom. The fourth-order valence-electron chi connectivity index (χ4n) is 2.45. The maximum atomic E-state index is 12.4. The summed E-state index contributed by atoms with van der Waals surface area (Å²) in [6.07, 6.45) is 1.61. The smallest absolute Gasteiger partial charge is 0.282 e. The number of nitrogens with one attached hydrogen (secondary N) is 1. The average molecular weight is 367 g/mol. The lowest BCUT2D eigenvalue weighted by atomic mass is 10.1. The van der Waals surface area contributed by atoms with Crippen molar-refractivity contribution in [2.75, 3.05) is 0 Å². The van der Waals surface area contributed by atoms with Crippen LogP contribution in [0.5, 0.6) is 0 Å². The Hall–Kier alpha value is -2.70. The molecule has 0 radical (unpaired) electrons. The van der Waals surface area contributed by atoms with E-state index < -0.39 is 5.91 Å². The molecule has 5 nitrogen and oxygen atoms in total. The van der Waals surface area contributed by atoms with Crippen LogP contribution in [0, 0.1) is 5.41 Å². The highest BCUT2D eigenvalue weighted by molar-refractivity contribution is 8.27. The highest BCUT2D eigenvalue weighted by atomic mass is 35.5. The number of carbonyl (C=O) groups excluding carboxylic acids is 1. The van der Waals surface area contributed by atoms with Crippen LogP contribution in [0.25, 0.3) is 6.08 Å². The zero-order valence-corrected chi connectivity index (χ0v) is 14.4. The maximum absolute atomic E-state index is 12.4. The van der Waals surface area contributed by atoms with E-state index in [1.54, 1.807) is 24.3 Å². The van der Waals surface area contributed by atoms with Gasteiger partial charge in [-0.25, -0.2) is 0 Å². The molecule has 25 heavy (non-hydrogen) atoms. The molecular weight excluding hydrogens is 356 g/mol. The van der Waals surface area contributed by atoms with Crippen LogP contribution in [-0.4, -0.2) is 27.0 Å². The molecule has 0 fully saturated rings. The molecular formula is C18H11ClN4OS. The molecule has 0 spiro atoms. The van der Waals surface area contributed by atoms with Crippen molar-refractivity contribution in [2.45, 2.75) is 0 Å². The monoisotopic (exact) mass is 366 g/mol. The molecule has 0 saturated carbocycles. The van der Waals surface area contributed by atoms with Gasteiger partial charge >= 0.3 is 0 Å². The molecule has 122 valence electrons. The minimum atomic E-state index is -0.451. The number of hydrogen-bond acceptors (Lipinski definition) is 4. The minimum Gasteiger partial charge on any atom is -0.282 e. The third-order valence-electron chi connectivity index (χ3n) is 3.63. The Balaban J connectivity index is 1.71. The van der Waals surface area contributed by atoms with Crippen molar-refractivity contribution in [2.24, 2.45) is 10.1 Å². The molecule has 0 unspecified atom stereocenters. The maximum Gasteiger partial charge on any atom is 0.283 e. The molecule has 1 N–H and O–H groups in total. The van der Waals surface area contributed by atoms with Crippen LogP contribution in [0.2, 0.25) is 5.02 Å². The number of rotatable bonds is 2. The number of fused-ring (bicyclic) bond motifs is 1. The topological polar surface area (TPSA) is 68.9 Å². The van der Waals surface area contributed by atoms with Gasteiger partial charge in [0, 0.05) is 10.6 Å². The van der Waals surface area contributed by atoms with Gasteiger partial charge in [-0.1, -0.05) is 54.1 Å². The molecule has 0 bridgehead atoms. The van der Waals surface area contributed by atoms with Gasteiger partial charge in [0.2, 0.25) is 5.17 Å². The number of thioether (sulfide) groups is 1. The van der Waals surface area contributed by atoms with E-state index in [0.29, 0.717) is 15.2 Å². The number of carbonyl (C=O) groups is 1. The summed E-state index contributed by atoms with van der Waals surface area (Å²) in [7, 11) is 0. The molecule has 2 aromatic carbocycles. The van der Waals surface area contributed by atoms with Gasteiger partial charge in [0.15, 0.2) is 5.84 Å². The molecule has 0 saturated heterocycles. The molecule has 2 aliphatic heterocycles. The lowest BCUT2D eigenvalue weighted by Crippen LogP contribution is -2.35. The zero-order chi connectivity index (χ0) is 17.4. The van der Waals surface area contributed by atoms with Crippen LogP contribution >= 0.6 is 23.4 Å². The van der Waals surface area contributed by atoms with Gasteiger partial charge in [-0.3, -0.25) is 10.2 Å². The van der Waals surface area contributed by atoms with Crippen LogP contribution in [0.3, 0.4) is 0 Å². The molecule has 2 aliphatic rings. The largest absolute Gasteiger partial charge is 0.283 e. The highest BCUT2D eigenvalue weighted by Crippen LogP contribution is 2.30. The number of aliphatic imine (C=N–C) groups is 1. The average Bonchev–Trinajstić information content (AvgIpc) is 3.04. The van der Waals surface area contributed by atoms with Gasteiger partial charge in [0.05, 0.1) is 5.57 Å². The van der Waals surface area contributed by atoms with E-state index in [9.17, 15) is 4.79 Å². The van der Waals surface area contributed by atoms with Gasteiger partial charge in [0.1, 0.15) is 5.04 Å². The third-order valence-corrected chi connectivity index (χ3v) is 4.83. The van der Waals surface area contributed by atoms with Crippen LogP contribution in [-0.2, 0) is 4.79 Å². The number of hydrazone groups is 1. The van der Waals surface area contributed by atoms with E-state index in [-0.39, 0.29) is 11.4 Å². The van der Waals surface area contributed by atoms with Crippen molar-refractivity contribution < 1.29 is 4.79 Å². The number of hydrogen-bond donors (Lipinski definition) is 1. The van der Waals surface area contributed by atoms with E-state index in [4.69, 9.17) is 17.0 Å². The lowest BCUT2D eigenvalue weighted by Gasteiger charge is -2.20. The first-order valence-corrected chi connectivity index (χ1v) is 8.62. The molecule has 0 atom stereocenters. The second-order valence-corrected chi connectivity index (χ2v) is 6.74. The molecule has 2 aromatic rings. The van der Waals surface area contributed by atoms with Crippen LogP contribution < -0.4 is 0 Å². The Morgan fingerprint density at radius 2 is 1.92 bits per heavy atom. The first-order valence-electron chi connectivity index (χ1n) is 7.43. The van der Waals surface area contributed by atoms with Crippen LogP contribution in [0.15, 0.2) is 70.3 Å². The summed E-state index contributed by atoms with van der Waals surface area (Å²) in [6.45, 7) is 0.